The molecule has 0 unspecified atom stereocenters. The summed E-state index contributed by atoms with van der Waals surface area (Å²) in [4.78, 5) is 34.8. The van der Waals surface area contributed by atoms with Crippen molar-refractivity contribution in [2.24, 2.45) is 0 Å². The van der Waals surface area contributed by atoms with Gasteiger partial charge in [-0.1, -0.05) is 17.3 Å². The van der Waals surface area contributed by atoms with Crippen molar-refractivity contribution in [2.45, 2.75) is 20.4 Å². The first-order valence-corrected chi connectivity index (χ1v) is 8.19. The molecule has 2 aromatic carbocycles. The van der Waals surface area contributed by atoms with E-state index in [0.717, 1.165) is 5.52 Å². The lowest BCUT2D eigenvalue weighted by Crippen LogP contribution is -2.14. The number of carbonyl (C=O) groups excluding carboxylic acids is 2. The van der Waals surface area contributed by atoms with Crippen molar-refractivity contribution in [3.8, 4) is 0 Å². The van der Waals surface area contributed by atoms with E-state index in [2.05, 4.69) is 10.3 Å². The van der Waals surface area contributed by atoms with Gasteiger partial charge in [0.1, 0.15) is 5.52 Å². The third kappa shape index (κ3) is 3.66. The molecule has 3 rings (SSSR count). The van der Waals surface area contributed by atoms with Gasteiger partial charge in [0.05, 0.1) is 16.0 Å². The normalized spacial score (nSPS) is 10.7. The zero-order chi connectivity index (χ0) is 19.6. The number of fused-ring (bicyclic) bond motifs is 1. The molecule has 3 aromatic rings. The minimum absolute atomic E-state index is 0.112. The number of aromatic nitrogens is 3. The number of nitro benzene ring substituents is 1. The standard InChI is InChI=1S/C18H16N4O5/c1-3-21-15-7-6-13(8-14(15)19-20-21)18(24)27-10-17(23)12-5-4-11(2)16(9-12)22(25)26/h4-9H,3,10H2,1-2H3. The van der Waals surface area contributed by atoms with Crippen molar-refractivity contribution < 1.29 is 19.2 Å². The third-order valence-electron chi connectivity index (χ3n) is 4.11. The van der Waals surface area contributed by atoms with E-state index in [9.17, 15) is 19.7 Å². The molecule has 0 saturated carbocycles. The van der Waals surface area contributed by atoms with Crippen LogP contribution in [0.3, 0.4) is 0 Å². The summed E-state index contributed by atoms with van der Waals surface area (Å²) in [5.74, 6) is -1.21. The lowest BCUT2D eigenvalue weighted by molar-refractivity contribution is -0.385. The fourth-order valence-corrected chi connectivity index (χ4v) is 2.61. The predicted molar refractivity (Wildman–Crippen MR) is 95.6 cm³/mol. The maximum atomic E-state index is 12.2. The Kier molecular flexibility index (Phi) is 4.93. The zero-order valence-corrected chi connectivity index (χ0v) is 14.7. The number of hydrogen-bond acceptors (Lipinski definition) is 7. The average molecular weight is 368 g/mol. The second-order valence-electron chi connectivity index (χ2n) is 5.87. The van der Waals surface area contributed by atoms with Gasteiger partial charge in [0.15, 0.2) is 6.61 Å². The number of aryl methyl sites for hydroxylation is 2. The molecule has 0 aliphatic heterocycles. The van der Waals surface area contributed by atoms with Crippen LogP contribution in [0.4, 0.5) is 5.69 Å². The molecule has 0 atom stereocenters. The van der Waals surface area contributed by atoms with E-state index < -0.39 is 23.3 Å². The Bertz CT molecular complexity index is 1060. The van der Waals surface area contributed by atoms with Crippen LogP contribution in [0.1, 0.15) is 33.2 Å². The van der Waals surface area contributed by atoms with E-state index in [4.69, 9.17) is 4.74 Å². The molecule has 0 saturated heterocycles. The number of nitrogens with zero attached hydrogens (tertiary/aromatic N) is 4. The van der Waals surface area contributed by atoms with Gasteiger partial charge in [0.2, 0.25) is 5.78 Å². The fraction of sp³-hybridized carbons (Fsp3) is 0.222. The highest BCUT2D eigenvalue weighted by molar-refractivity contribution is 6.00. The Labute approximate surface area is 153 Å². The van der Waals surface area contributed by atoms with Crippen molar-refractivity contribution in [1.82, 2.24) is 15.0 Å². The number of esters is 1. The first-order chi connectivity index (χ1) is 12.9. The summed E-state index contributed by atoms with van der Waals surface area (Å²) < 4.78 is 6.74. The predicted octanol–water partition coefficient (Wildman–Crippen LogP) is 2.71. The second kappa shape index (κ2) is 7.32. The molecule has 9 heteroatoms. The molecule has 27 heavy (non-hydrogen) atoms. The summed E-state index contributed by atoms with van der Waals surface area (Å²) >= 11 is 0. The topological polar surface area (TPSA) is 117 Å². The molecule has 0 spiro atoms. The van der Waals surface area contributed by atoms with Gasteiger partial charge >= 0.3 is 5.97 Å². The summed E-state index contributed by atoms with van der Waals surface area (Å²) in [6.07, 6.45) is 0. The Hall–Kier alpha value is -3.62. The molecule has 0 radical (unpaired) electrons. The van der Waals surface area contributed by atoms with Gasteiger partial charge in [-0.05, 0) is 32.0 Å². The number of nitro groups is 1. The fourth-order valence-electron chi connectivity index (χ4n) is 2.61. The van der Waals surface area contributed by atoms with Crippen LogP contribution in [-0.2, 0) is 11.3 Å². The van der Waals surface area contributed by atoms with Crippen LogP contribution >= 0.6 is 0 Å². The van der Waals surface area contributed by atoms with Crippen LogP contribution in [0.5, 0.6) is 0 Å². The quantitative estimate of drug-likeness (QED) is 0.284. The Morgan fingerprint density at radius 2 is 1.93 bits per heavy atom. The molecule has 9 nitrogen and oxygen atoms in total. The molecular formula is C18H16N4O5. The van der Waals surface area contributed by atoms with E-state index in [-0.39, 0.29) is 16.8 Å². The Morgan fingerprint density at radius 1 is 1.19 bits per heavy atom. The van der Waals surface area contributed by atoms with Crippen LogP contribution in [0, 0.1) is 17.0 Å². The molecule has 0 bridgehead atoms. The second-order valence-corrected chi connectivity index (χ2v) is 5.87. The monoisotopic (exact) mass is 368 g/mol. The van der Waals surface area contributed by atoms with Crippen molar-refractivity contribution in [1.29, 1.82) is 0 Å². The summed E-state index contributed by atoms with van der Waals surface area (Å²) in [5.41, 5.74) is 1.98. The molecule has 0 aliphatic rings. The highest BCUT2D eigenvalue weighted by atomic mass is 16.6. The van der Waals surface area contributed by atoms with Gasteiger partial charge in [-0.2, -0.15) is 0 Å². The number of hydrogen-bond donors (Lipinski definition) is 0. The minimum Gasteiger partial charge on any atom is -0.454 e. The number of carbonyl (C=O) groups is 2. The van der Waals surface area contributed by atoms with E-state index in [1.54, 1.807) is 23.7 Å². The lowest BCUT2D eigenvalue weighted by Gasteiger charge is -2.05. The van der Waals surface area contributed by atoms with Crippen LogP contribution in [-0.4, -0.2) is 38.3 Å². The number of Topliss-reactive ketones (excluding diaryl/α,β-unsaturated/α-hetero) is 1. The van der Waals surface area contributed by atoms with Crippen LogP contribution in [0.2, 0.25) is 0 Å². The average Bonchev–Trinajstić information content (AvgIpc) is 3.08. The van der Waals surface area contributed by atoms with Gasteiger partial charge < -0.3 is 4.74 Å². The van der Waals surface area contributed by atoms with Crippen molar-refractivity contribution in [3.05, 3.63) is 63.2 Å². The van der Waals surface area contributed by atoms with E-state index in [1.807, 2.05) is 6.92 Å². The first kappa shape index (κ1) is 18.2. The number of ketones is 1. The van der Waals surface area contributed by atoms with Crippen LogP contribution < -0.4 is 0 Å². The van der Waals surface area contributed by atoms with Crippen molar-refractivity contribution in [2.75, 3.05) is 6.61 Å². The molecule has 0 fully saturated rings. The summed E-state index contributed by atoms with van der Waals surface area (Å²) in [6, 6.07) is 8.95. The molecule has 0 amide bonds. The number of ether oxygens (including phenoxy) is 1. The van der Waals surface area contributed by atoms with Crippen LogP contribution in [0.25, 0.3) is 11.0 Å². The molecule has 0 N–H and O–H groups in total. The van der Waals surface area contributed by atoms with Crippen molar-refractivity contribution >= 4 is 28.5 Å². The lowest BCUT2D eigenvalue weighted by atomic mass is 10.1. The van der Waals surface area contributed by atoms with Crippen molar-refractivity contribution in [3.63, 3.8) is 0 Å². The van der Waals surface area contributed by atoms with Gasteiger partial charge in [0.25, 0.3) is 5.69 Å². The maximum absolute atomic E-state index is 12.2. The maximum Gasteiger partial charge on any atom is 0.338 e. The van der Waals surface area contributed by atoms with Gasteiger partial charge in [-0.15, -0.1) is 5.10 Å². The van der Waals surface area contributed by atoms with E-state index >= 15 is 0 Å². The summed E-state index contributed by atoms with van der Waals surface area (Å²) in [6.45, 7) is 3.64. The summed E-state index contributed by atoms with van der Waals surface area (Å²) in [5, 5.41) is 18.9. The molecular weight excluding hydrogens is 352 g/mol. The smallest absolute Gasteiger partial charge is 0.338 e. The first-order valence-electron chi connectivity index (χ1n) is 8.19. The number of rotatable bonds is 6. The Balaban J connectivity index is 1.71. The van der Waals surface area contributed by atoms with Crippen LogP contribution in [0.15, 0.2) is 36.4 Å². The molecule has 138 valence electrons. The SMILES string of the molecule is CCn1nnc2cc(C(=O)OCC(=O)c3ccc(C)c([N+](=O)[O-])c3)ccc21. The van der Waals surface area contributed by atoms with Gasteiger partial charge in [-0.25, -0.2) is 9.48 Å². The molecule has 1 aromatic heterocycles. The molecule has 0 aliphatic carbocycles. The largest absolute Gasteiger partial charge is 0.454 e. The van der Waals surface area contributed by atoms with Gasteiger partial charge in [0, 0.05) is 23.7 Å². The highest BCUT2D eigenvalue weighted by Gasteiger charge is 2.17. The van der Waals surface area contributed by atoms with E-state index in [0.29, 0.717) is 17.6 Å². The highest BCUT2D eigenvalue weighted by Crippen LogP contribution is 2.20. The van der Waals surface area contributed by atoms with E-state index in [1.165, 1.54) is 24.3 Å². The molecule has 1 heterocycles. The number of benzene rings is 2. The van der Waals surface area contributed by atoms with Gasteiger partial charge in [-0.3, -0.25) is 14.9 Å². The third-order valence-corrected chi connectivity index (χ3v) is 4.11. The zero-order valence-electron chi connectivity index (χ0n) is 14.7. The Morgan fingerprint density at radius 3 is 2.63 bits per heavy atom. The summed E-state index contributed by atoms with van der Waals surface area (Å²) in [7, 11) is 0. The minimum atomic E-state index is -0.682.